The van der Waals surface area contributed by atoms with Crippen molar-refractivity contribution in [2.45, 2.75) is 38.2 Å². The number of hydrogen-bond donors (Lipinski definition) is 2. The monoisotopic (exact) mass is 435 g/mol. The van der Waals surface area contributed by atoms with Crippen molar-refractivity contribution in [1.29, 1.82) is 0 Å². The number of ether oxygens (including phenoxy) is 1. The van der Waals surface area contributed by atoms with E-state index in [0.29, 0.717) is 19.3 Å². The van der Waals surface area contributed by atoms with Gasteiger partial charge in [-0.05, 0) is 37.8 Å². The van der Waals surface area contributed by atoms with Crippen LogP contribution < -0.4 is 4.74 Å². The summed E-state index contributed by atoms with van der Waals surface area (Å²) in [5.74, 6) is -3.34. The van der Waals surface area contributed by atoms with Crippen molar-refractivity contribution in [3.63, 3.8) is 0 Å². The molecule has 0 spiro atoms. The topological polar surface area (TPSA) is 104 Å². The number of nitrogens with zero attached hydrogens (tertiary/aromatic N) is 1. The minimum atomic E-state index is -3.45. The molecule has 1 aromatic carbocycles. The number of sulfonamides is 1. The number of aliphatic hydroxyl groups is 1. The van der Waals surface area contributed by atoms with Crippen LogP contribution in [0.3, 0.4) is 0 Å². The van der Waals surface area contributed by atoms with Crippen LogP contribution in [0.2, 0.25) is 0 Å². The molecule has 1 atom stereocenters. The standard InChI is InChI=1S/C19H27F2NO6S/c1-29(26,27)22(12-5-3-2-4-11-18(24)25)13-7-8-15(23)14-28-17-10-6-9-16(20)19(17)21/h3,5-6,9-10,15,23H,2,4,7-8,11-14H2,1H3,(H,24,25). The van der Waals surface area contributed by atoms with Crippen molar-refractivity contribution in [2.75, 3.05) is 26.0 Å². The largest absolute Gasteiger partial charge is 0.488 e. The van der Waals surface area contributed by atoms with Crippen molar-refractivity contribution in [3.05, 3.63) is 42.0 Å². The van der Waals surface area contributed by atoms with Gasteiger partial charge >= 0.3 is 5.97 Å². The van der Waals surface area contributed by atoms with Gasteiger partial charge in [-0.25, -0.2) is 12.8 Å². The second kappa shape index (κ2) is 12.5. The zero-order chi connectivity index (χ0) is 21.9. The van der Waals surface area contributed by atoms with E-state index in [-0.39, 0.29) is 38.3 Å². The Morgan fingerprint density at radius 2 is 2.00 bits per heavy atom. The SMILES string of the molecule is CS(=O)(=O)N(CC=CCCCC(=O)O)CCCC(O)COc1cccc(F)c1F. The molecular formula is C19H27F2NO6S. The lowest BCUT2D eigenvalue weighted by molar-refractivity contribution is -0.137. The van der Waals surface area contributed by atoms with Gasteiger partial charge in [0.1, 0.15) is 6.61 Å². The lowest BCUT2D eigenvalue weighted by Crippen LogP contribution is -2.32. The smallest absolute Gasteiger partial charge is 0.303 e. The molecule has 164 valence electrons. The number of unbranched alkanes of at least 4 members (excludes halogenated alkanes) is 1. The molecule has 1 aromatic rings. The molecule has 0 aliphatic carbocycles. The van der Waals surface area contributed by atoms with E-state index in [1.54, 1.807) is 12.2 Å². The molecule has 7 nitrogen and oxygen atoms in total. The summed E-state index contributed by atoms with van der Waals surface area (Å²) in [5.41, 5.74) is 0. The lowest BCUT2D eigenvalue weighted by Gasteiger charge is -2.19. The van der Waals surface area contributed by atoms with E-state index in [1.165, 1.54) is 16.4 Å². The van der Waals surface area contributed by atoms with Crippen LogP contribution in [-0.4, -0.2) is 61.0 Å². The molecular weight excluding hydrogens is 408 g/mol. The molecule has 0 saturated heterocycles. The summed E-state index contributed by atoms with van der Waals surface area (Å²) >= 11 is 0. The first-order valence-corrected chi connectivity index (χ1v) is 11.0. The van der Waals surface area contributed by atoms with Gasteiger partial charge in [0.25, 0.3) is 0 Å². The van der Waals surface area contributed by atoms with Crippen molar-refractivity contribution >= 4 is 16.0 Å². The fourth-order valence-electron chi connectivity index (χ4n) is 2.44. The Balaban J connectivity index is 2.39. The number of allylic oxidation sites excluding steroid dienone is 1. The Hall–Kier alpha value is -2.04. The zero-order valence-corrected chi connectivity index (χ0v) is 17.1. The fraction of sp³-hybridized carbons (Fsp3) is 0.526. The van der Waals surface area contributed by atoms with Crippen LogP contribution in [-0.2, 0) is 14.8 Å². The number of aliphatic hydroxyl groups excluding tert-OH is 1. The van der Waals surface area contributed by atoms with E-state index < -0.39 is 33.7 Å². The average molecular weight is 435 g/mol. The number of hydrogen-bond acceptors (Lipinski definition) is 5. The minimum absolute atomic E-state index is 0.0552. The van der Waals surface area contributed by atoms with Crippen LogP contribution in [0.25, 0.3) is 0 Å². The van der Waals surface area contributed by atoms with Gasteiger partial charge in [-0.1, -0.05) is 18.2 Å². The first kappa shape index (κ1) is 25.0. The highest BCUT2D eigenvalue weighted by molar-refractivity contribution is 7.88. The number of carboxylic acid groups (broad SMARTS) is 1. The van der Waals surface area contributed by atoms with E-state index in [9.17, 15) is 27.1 Å². The van der Waals surface area contributed by atoms with Crippen LogP contribution in [0.15, 0.2) is 30.4 Å². The molecule has 0 radical (unpaired) electrons. The number of benzene rings is 1. The molecule has 0 bridgehead atoms. The molecule has 0 aliphatic rings. The van der Waals surface area contributed by atoms with Crippen molar-refractivity contribution in [2.24, 2.45) is 0 Å². The summed E-state index contributed by atoms with van der Waals surface area (Å²) in [4.78, 5) is 10.4. The first-order chi connectivity index (χ1) is 13.6. The molecule has 29 heavy (non-hydrogen) atoms. The minimum Gasteiger partial charge on any atom is -0.488 e. The van der Waals surface area contributed by atoms with Gasteiger partial charge in [0.15, 0.2) is 11.6 Å². The maximum absolute atomic E-state index is 13.5. The highest BCUT2D eigenvalue weighted by atomic mass is 32.2. The highest BCUT2D eigenvalue weighted by Crippen LogP contribution is 2.19. The van der Waals surface area contributed by atoms with Crippen LogP contribution >= 0.6 is 0 Å². The number of carboxylic acids is 1. The quantitative estimate of drug-likeness (QED) is 0.344. The Morgan fingerprint density at radius 1 is 1.28 bits per heavy atom. The van der Waals surface area contributed by atoms with Gasteiger partial charge in [0, 0.05) is 19.5 Å². The second-order valence-corrected chi connectivity index (χ2v) is 8.52. The summed E-state index contributed by atoms with van der Waals surface area (Å²) in [7, 11) is -3.45. The first-order valence-electron chi connectivity index (χ1n) is 9.18. The van der Waals surface area contributed by atoms with Gasteiger partial charge in [-0.2, -0.15) is 8.70 Å². The fourth-order valence-corrected chi connectivity index (χ4v) is 3.26. The predicted octanol–water partition coefficient (Wildman–Crippen LogP) is 2.56. The van der Waals surface area contributed by atoms with Gasteiger partial charge in [0.2, 0.25) is 15.8 Å². The summed E-state index contributed by atoms with van der Waals surface area (Å²) < 4.78 is 56.6. The Kier molecular flexibility index (Phi) is 10.8. The van der Waals surface area contributed by atoms with Crippen molar-refractivity contribution in [3.8, 4) is 5.75 Å². The molecule has 2 N–H and O–H groups in total. The van der Waals surface area contributed by atoms with Crippen molar-refractivity contribution < 1.29 is 36.9 Å². The number of rotatable bonds is 14. The lowest BCUT2D eigenvalue weighted by atomic mass is 10.2. The van der Waals surface area contributed by atoms with Crippen LogP contribution in [0.4, 0.5) is 8.78 Å². The number of halogens is 2. The Labute approximate surface area is 169 Å². The molecule has 0 saturated carbocycles. The summed E-state index contributed by atoms with van der Waals surface area (Å²) in [6, 6.07) is 3.50. The van der Waals surface area contributed by atoms with Crippen LogP contribution in [0.5, 0.6) is 5.75 Å². The Bertz CT molecular complexity index is 785. The van der Waals surface area contributed by atoms with Gasteiger partial charge in [0.05, 0.1) is 12.4 Å². The van der Waals surface area contributed by atoms with E-state index in [1.807, 2.05) is 0 Å². The molecule has 1 unspecified atom stereocenters. The summed E-state index contributed by atoms with van der Waals surface area (Å²) in [6.07, 6.45) is 5.13. The van der Waals surface area contributed by atoms with Crippen LogP contribution in [0, 0.1) is 11.6 Å². The zero-order valence-electron chi connectivity index (χ0n) is 16.3. The van der Waals surface area contributed by atoms with E-state index in [0.717, 1.165) is 12.3 Å². The summed E-state index contributed by atoms with van der Waals surface area (Å²) in [5, 5.41) is 18.5. The van der Waals surface area contributed by atoms with Gasteiger partial charge in [-0.3, -0.25) is 4.79 Å². The van der Waals surface area contributed by atoms with E-state index >= 15 is 0 Å². The van der Waals surface area contributed by atoms with E-state index in [2.05, 4.69) is 0 Å². The third kappa shape index (κ3) is 10.3. The maximum Gasteiger partial charge on any atom is 0.303 e. The van der Waals surface area contributed by atoms with Crippen LogP contribution in [0.1, 0.15) is 32.1 Å². The highest BCUT2D eigenvalue weighted by Gasteiger charge is 2.16. The maximum atomic E-state index is 13.5. The van der Waals surface area contributed by atoms with E-state index in [4.69, 9.17) is 9.84 Å². The number of aliphatic carboxylic acids is 1. The van der Waals surface area contributed by atoms with Crippen molar-refractivity contribution in [1.82, 2.24) is 4.31 Å². The summed E-state index contributed by atoms with van der Waals surface area (Å²) in [6.45, 7) is 0.0689. The Morgan fingerprint density at radius 3 is 2.66 bits per heavy atom. The molecule has 1 rings (SSSR count). The molecule has 0 aromatic heterocycles. The third-order valence-electron chi connectivity index (χ3n) is 4.00. The third-order valence-corrected chi connectivity index (χ3v) is 5.27. The average Bonchev–Trinajstić information content (AvgIpc) is 2.63. The molecule has 0 aliphatic heterocycles. The predicted molar refractivity (Wildman–Crippen MR) is 104 cm³/mol. The van der Waals surface area contributed by atoms with Gasteiger partial charge in [-0.15, -0.1) is 0 Å². The molecule has 0 heterocycles. The second-order valence-electron chi connectivity index (χ2n) is 6.54. The normalized spacial score (nSPS) is 13.1. The number of carbonyl (C=O) groups is 1. The molecule has 10 heteroatoms. The van der Waals surface area contributed by atoms with Gasteiger partial charge < -0.3 is 14.9 Å². The molecule has 0 fully saturated rings. The molecule has 0 amide bonds.